The fourth-order valence-corrected chi connectivity index (χ4v) is 8.31. The lowest BCUT2D eigenvalue weighted by molar-refractivity contribution is -0.139. The van der Waals surface area contributed by atoms with Gasteiger partial charge in [-0.2, -0.15) is 0 Å². The van der Waals surface area contributed by atoms with Gasteiger partial charge < -0.3 is 65.1 Å². The molecule has 0 radical (unpaired) electrons. The number of rotatable bonds is 31. The molecule has 0 aliphatic carbocycles. The molecule has 8 amide bonds. The summed E-state index contributed by atoms with van der Waals surface area (Å²) in [5, 5.41) is 27.3. The second-order valence-corrected chi connectivity index (χ2v) is 20.4. The van der Waals surface area contributed by atoms with Gasteiger partial charge in [0.2, 0.25) is 47.3 Å². The van der Waals surface area contributed by atoms with E-state index in [1.54, 1.807) is 38.1 Å². The summed E-state index contributed by atoms with van der Waals surface area (Å²) in [6.07, 6.45) is 3.38. The van der Waals surface area contributed by atoms with E-state index in [2.05, 4.69) is 42.2 Å². The van der Waals surface area contributed by atoms with E-state index in [0.29, 0.717) is 44.3 Å². The molecule has 7 atom stereocenters. The quantitative estimate of drug-likeness (QED) is 0.0275. The van der Waals surface area contributed by atoms with Crippen LogP contribution in [-0.4, -0.2) is 126 Å². The number of hydrogen-bond donors (Lipinski definition) is 12. The molecule has 1 aliphatic heterocycles. The standard InChI is InChI=1S/C50H86N14O8/c1-28(2)24-37(60-46(69)38(25-29(3)4)61-47(70)39(26-30(5)6)62-48(71)40-16-13-23-64(40)32(9)65)45(68)58-36(15-12-22-56-50(54)55)44(67)63-41(31(7)8)49(72)59-35(14-10-11-21-51)43(66)57-27-33-17-19-34(20-18-33)42(52)53/h17-20,28-31,35-41H,10-16,21-27,51H2,1-9H3,(H3,52,53)(H,57,66)(H,58,68)(H,59,72)(H,60,69)(H,61,70)(H,62,71)(H,63,67)(H4,54,55,56)/t35-,36-,37-,38-,39-,40-,41-/m0/s1. The fraction of sp³-hybridized carbons (Fsp3) is 0.680. The lowest BCUT2D eigenvalue weighted by Gasteiger charge is -2.30. The maximum atomic E-state index is 14.3. The number of unbranched alkanes of at least 4 members (excludes halogenated alkanes) is 1. The van der Waals surface area contributed by atoms with E-state index in [1.807, 2.05) is 41.5 Å². The van der Waals surface area contributed by atoms with Crippen LogP contribution in [0, 0.1) is 29.1 Å². The number of aliphatic imine (C=N–C) groups is 1. The van der Waals surface area contributed by atoms with Crippen molar-refractivity contribution < 1.29 is 38.4 Å². The molecule has 0 spiro atoms. The van der Waals surface area contributed by atoms with Crippen LogP contribution in [0.4, 0.5) is 0 Å². The molecule has 1 aliphatic rings. The molecule has 16 N–H and O–H groups in total. The van der Waals surface area contributed by atoms with Crippen molar-refractivity contribution in [3.63, 3.8) is 0 Å². The summed E-state index contributed by atoms with van der Waals surface area (Å²) in [6, 6.07) is -0.579. The Kier molecular flexibility index (Phi) is 26.8. The van der Waals surface area contributed by atoms with Crippen LogP contribution in [0.3, 0.4) is 0 Å². The highest BCUT2D eigenvalue weighted by Gasteiger charge is 2.37. The van der Waals surface area contributed by atoms with Gasteiger partial charge in [0.1, 0.15) is 48.1 Å². The molecule has 404 valence electrons. The largest absolute Gasteiger partial charge is 0.384 e. The minimum absolute atomic E-state index is 0.0226. The van der Waals surface area contributed by atoms with Crippen molar-refractivity contribution in [1.82, 2.24) is 42.1 Å². The van der Waals surface area contributed by atoms with Crippen molar-refractivity contribution in [3.8, 4) is 0 Å². The van der Waals surface area contributed by atoms with Gasteiger partial charge in [-0.3, -0.25) is 48.8 Å². The molecule has 0 bridgehead atoms. The van der Waals surface area contributed by atoms with Gasteiger partial charge in [0.05, 0.1) is 0 Å². The van der Waals surface area contributed by atoms with Crippen LogP contribution in [0.2, 0.25) is 0 Å². The number of hydrogen-bond acceptors (Lipinski definition) is 11. The summed E-state index contributed by atoms with van der Waals surface area (Å²) in [4.78, 5) is 116. The number of carbonyl (C=O) groups is 8. The van der Waals surface area contributed by atoms with Crippen LogP contribution in [0.1, 0.15) is 138 Å². The Labute approximate surface area is 425 Å². The predicted molar refractivity (Wildman–Crippen MR) is 277 cm³/mol. The number of nitrogens with zero attached hydrogens (tertiary/aromatic N) is 2. The maximum Gasteiger partial charge on any atom is 0.243 e. The number of amides is 8. The Hall–Kier alpha value is -6.32. The van der Waals surface area contributed by atoms with Crippen molar-refractivity contribution in [2.75, 3.05) is 19.6 Å². The Balaban J connectivity index is 2.36. The van der Waals surface area contributed by atoms with E-state index in [0.717, 1.165) is 5.56 Å². The van der Waals surface area contributed by atoms with Crippen LogP contribution < -0.4 is 60.2 Å². The second kappa shape index (κ2) is 31.2. The maximum absolute atomic E-state index is 14.3. The molecule has 1 heterocycles. The number of nitrogen functional groups attached to an aromatic ring is 1. The van der Waals surface area contributed by atoms with Gasteiger partial charge >= 0.3 is 0 Å². The Morgan fingerprint density at radius 1 is 0.639 bits per heavy atom. The van der Waals surface area contributed by atoms with Gasteiger partial charge in [0.15, 0.2) is 5.96 Å². The first kappa shape index (κ1) is 61.8. The van der Waals surface area contributed by atoms with Gasteiger partial charge in [-0.25, -0.2) is 0 Å². The van der Waals surface area contributed by atoms with Crippen molar-refractivity contribution in [1.29, 1.82) is 5.41 Å². The molecular weight excluding hydrogens is 925 g/mol. The van der Waals surface area contributed by atoms with Crippen LogP contribution in [0.5, 0.6) is 0 Å². The molecule has 72 heavy (non-hydrogen) atoms. The van der Waals surface area contributed by atoms with Gasteiger partial charge in [0.25, 0.3) is 0 Å². The molecule has 22 nitrogen and oxygen atoms in total. The number of benzene rings is 1. The first-order valence-corrected chi connectivity index (χ1v) is 25.4. The third-order valence-electron chi connectivity index (χ3n) is 12.1. The van der Waals surface area contributed by atoms with Crippen molar-refractivity contribution in [2.24, 2.45) is 51.6 Å². The molecular formula is C50H86N14O8. The minimum atomic E-state index is -1.24. The summed E-state index contributed by atoms with van der Waals surface area (Å²) >= 11 is 0. The third kappa shape index (κ3) is 22.0. The highest BCUT2D eigenvalue weighted by atomic mass is 16.2. The first-order valence-electron chi connectivity index (χ1n) is 25.4. The van der Waals surface area contributed by atoms with E-state index in [9.17, 15) is 38.4 Å². The Morgan fingerprint density at radius 3 is 1.58 bits per heavy atom. The van der Waals surface area contributed by atoms with Gasteiger partial charge in [-0.15, -0.1) is 0 Å². The average molecular weight is 1010 g/mol. The normalized spacial score (nSPS) is 15.9. The number of likely N-dealkylation sites (tertiary alicyclic amines) is 1. The number of amidine groups is 1. The van der Waals surface area contributed by atoms with Crippen molar-refractivity contribution in [2.45, 2.75) is 175 Å². The van der Waals surface area contributed by atoms with Gasteiger partial charge in [-0.05, 0) is 100.0 Å². The lowest BCUT2D eigenvalue weighted by Crippen LogP contribution is -2.60. The van der Waals surface area contributed by atoms with Crippen LogP contribution in [0.25, 0.3) is 0 Å². The highest BCUT2D eigenvalue weighted by Crippen LogP contribution is 2.19. The van der Waals surface area contributed by atoms with E-state index in [1.165, 1.54) is 11.8 Å². The lowest BCUT2D eigenvalue weighted by atomic mass is 9.98. The summed E-state index contributed by atoms with van der Waals surface area (Å²) in [5.41, 5.74) is 23.7. The van der Waals surface area contributed by atoms with Crippen molar-refractivity contribution >= 4 is 59.1 Å². The zero-order valence-electron chi connectivity index (χ0n) is 44.0. The predicted octanol–water partition coefficient (Wildman–Crippen LogP) is 0.483. The minimum Gasteiger partial charge on any atom is -0.384 e. The Morgan fingerprint density at radius 2 is 1.11 bits per heavy atom. The van der Waals surface area contributed by atoms with Gasteiger partial charge in [-0.1, -0.05) is 79.7 Å². The van der Waals surface area contributed by atoms with Crippen LogP contribution in [0.15, 0.2) is 29.3 Å². The first-order chi connectivity index (χ1) is 33.8. The molecule has 0 aromatic heterocycles. The molecule has 0 unspecified atom stereocenters. The second-order valence-electron chi connectivity index (χ2n) is 20.4. The monoisotopic (exact) mass is 1010 g/mol. The molecule has 1 aromatic rings. The summed E-state index contributed by atoms with van der Waals surface area (Å²) in [5.74, 6) is -5.36. The topological polar surface area (TPSA) is 364 Å². The van der Waals surface area contributed by atoms with E-state index in [-0.39, 0.29) is 87.1 Å². The van der Waals surface area contributed by atoms with E-state index in [4.69, 9.17) is 28.3 Å². The molecule has 1 aromatic carbocycles. The van der Waals surface area contributed by atoms with Crippen molar-refractivity contribution in [3.05, 3.63) is 35.4 Å². The zero-order chi connectivity index (χ0) is 54.2. The summed E-state index contributed by atoms with van der Waals surface area (Å²) in [7, 11) is 0. The number of nitrogens with one attached hydrogen (secondary N) is 8. The SMILES string of the molecule is CC(=O)N1CCC[C@H]1C(=O)N[C@@H](CC(C)C)C(=O)N[C@@H](CC(C)C)C(=O)N[C@@H](CC(C)C)C(=O)N[C@@H](CCCN=C(N)N)C(=O)N[C@H](C(=O)N[C@@H](CCCCN)C(=O)NCc1ccc(C(=N)N)cc1)C(C)C. The van der Waals surface area contributed by atoms with E-state index >= 15 is 0 Å². The van der Waals surface area contributed by atoms with Gasteiger partial charge in [0, 0.05) is 32.1 Å². The number of nitrogens with two attached hydrogens (primary N) is 4. The van der Waals surface area contributed by atoms with Crippen LogP contribution >= 0.6 is 0 Å². The smallest absolute Gasteiger partial charge is 0.243 e. The molecule has 22 heteroatoms. The molecule has 0 saturated carbocycles. The number of guanidine groups is 1. The third-order valence-corrected chi connectivity index (χ3v) is 12.1. The summed E-state index contributed by atoms with van der Waals surface area (Å²) in [6.45, 7) is 17.2. The molecule has 2 rings (SSSR count). The Bertz CT molecular complexity index is 2010. The summed E-state index contributed by atoms with van der Waals surface area (Å²) < 4.78 is 0. The fourth-order valence-electron chi connectivity index (χ4n) is 8.31. The number of carbonyl (C=O) groups excluding carboxylic acids is 8. The molecule has 1 saturated heterocycles. The average Bonchev–Trinajstić information content (AvgIpc) is 3.80. The zero-order valence-corrected chi connectivity index (χ0v) is 44.0. The highest BCUT2D eigenvalue weighted by molar-refractivity contribution is 5.98. The van der Waals surface area contributed by atoms with Crippen LogP contribution in [-0.2, 0) is 44.9 Å². The van der Waals surface area contributed by atoms with E-state index < -0.39 is 89.6 Å². The molecule has 1 fully saturated rings.